The van der Waals surface area contributed by atoms with Gasteiger partial charge in [0.05, 0.1) is 25.9 Å². The van der Waals surface area contributed by atoms with Crippen molar-refractivity contribution in [1.29, 1.82) is 0 Å². The highest BCUT2D eigenvalue weighted by Crippen LogP contribution is 2.45. The summed E-state index contributed by atoms with van der Waals surface area (Å²) in [6.07, 6.45) is -3.88. The number of carbonyl (C=O) groups excluding carboxylic acids is 1. The average molecular weight is 438 g/mol. The molecule has 5 nitrogen and oxygen atoms in total. The van der Waals surface area contributed by atoms with Crippen LogP contribution in [-0.2, 0) is 22.1 Å². The van der Waals surface area contributed by atoms with Gasteiger partial charge in [-0.2, -0.15) is 13.2 Å². The first-order valence-electron chi connectivity index (χ1n) is 10.2. The van der Waals surface area contributed by atoms with E-state index in [0.29, 0.717) is 30.8 Å². The minimum absolute atomic E-state index is 0.0252. The van der Waals surface area contributed by atoms with Crippen LogP contribution in [0.2, 0.25) is 0 Å². The lowest BCUT2D eigenvalue weighted by molar-refractivity contribution is -0.152. The lowest BCUT2D eigenvalue weighted by atomic mass is 9.89. The van der Waals surface area contributed by atoms with E-state index >= 15 is 0 Å². The van der Waals surface area contributed by atoms with Crippen molar-refractivity contribution in [1.82, 2.24) is 0 Å². The van der Waals surface area contributed by atoms with Gasteiger partial charge < -0.3 is 19.3 Å². The Labute approximate surface area is 178 Å². The Kier molecular flexibility index (Phi) is 7.10. The lowest BCUT2D eigenvalue weighted by Crippen LogP contribution is -2.20. The Morgan fingerprint density at radius 2 is 2.03 bits per heavy atom. The van der Waals surface area contributed by atoms with Crippen LogP contribution in [0.3, 0.4) is 0 Å². The first kappa shape index (κ1) is 22.9. The summed E-state index contributed by atoms with van der Waals surface area (Å²) < 4.78 is 57.5. The normalized spacial score (nSPS) is 14.4. The molecule has 0 fully saturated rings. The summed E-state index contributed by atoms with van der Waals surface area (Å²) >= 11 is 0. The molecule has 1 aliphatic rings. The number of carbonyl (C=O) groups is 1. The number of rotatable bonds is 7. The molecule has 1 aliphatic heterocycles. The zero-order valence-corrected chi connectivity index (χ0v) is 17.4. The molecule has 1 unspecified atom stereocenters. The Hall–Kier alpha value is -2.74. The van der Waals surface area contributed by atoms with Gasteiger partial charge in [-0.05, 0) is 54.7 Å². The number of fused-ring (bicyclic) bond motifs is 1. The molecule has 0 saturated carbocycles. The van der Waals surface area contributed by atoms with Crippen molar-refractivity contribution >= 4 is 5.97 Å². The van der Waals surface area contributed by atoms with Crippen molar-refractivity contribution in [2.24, 2.45) is 0 Å². The molecule has 1 heterocycles. The number of alkyl halides is 3. The third-order valence-corrected chi connectivity index (χ3v) is 5.16. The maximum absolute atomic E-state index is 13.9. The van der Waals surface area contributed by atoms with Crippen molar-refractivity contribution in [3.8, 4) is 22.6 Å². The Morgan fingerprint density at radius 3 is 2.71 bits per heavy atom. The standard InChI is InChI=1S/C23H25F3O5/c1-3-4-11-31-18-10-8-16(23(24,25)26)20(21(27)22(28)29-2)19(18)15-7-9-17-14(13-15)6-5-12-30-17/h7-10,13,21,27H,3-6,11-12H2,1-2H3. The number of halogens is 3. The molecule has 1 N–H and O–H groups in total. The smallest absolute Gasteiger partial charge is 0.416 e. The number of hydrogen-bond donors (Lipinski definition) is 1. The van der Waals surface area contributed by atoms with Gasteiger partial charge in [-0.15, -0.1) is 0 Å². The third-order valence-electron chi connectivity index (χ3n) is 5.16. The Bertz CT molecular complexity index is 940. The topological polar surface area (TPSA) is 65.0 Å². The number of esters is 1. The zero-order valence-electron chi connectivity index (χ0n) is 17.4. The Morgan fingerprint density at radius 1 is 1.26 bits per heavy atom. The highest BCUT2D eigenvalue weighted by Gasteiger charge is 2.39. The van der Waals surface area contributed by atoms with E-state index in [9.17, 15) is 23.1 Å². The van der Waals surface area contributed by atoms with Gasteiger partial charge in [-0.1, -0.05) is 19.4 Å². The SMILES string of the molecule is CCCCOc1ccc(C(F)(F)F)c(C(O)C(=O)OC)c1-c1ccc2c(c1)CCCO2. The summed E-state index contributed by atoms with van der Waals surface area (Å²) in [7, 11) is 1.01. The van der Waals surface area contributed by atoms with Crippen molar-refractivity contribution < 1.29 is 37.3 Å². The highest BCUT2D eigenvalue weighted by atomic mass is 19.4. The number of aliphatic hydroxyl groups is 1. The maximum Gasteiger partial charge on any atom is 0.416 e. The third kappa shape index (κ3) is 4.95. The summed E-state index contributed by atoms with van der Waals surface area (Å²) in [6, 6.07) is 7.09. The van der Waals surface area contributed by atoms with Crippen LogP contribution in [0.4, 0.5) is 13.2 Å². The first-order valence-corrected chi connectivity index (χ1v) is 10.2. The predicted octanol–water partition coefficient (Wildman–Crippen LogP) is 5.08. The van der Waals surface area contributed by atoms with Crippen LogP contribution in [0.1, 0.15) is 49.0 Å². The molecule has 0 spiro atoms. The number of aliphatic hydroxyl groups excluding tert-OH is 1. The van der Waals surface area contributed by atoms with Gasteiger partial charge >= 0.3 is 12.1 Å². The van der Waals surface area contributed by atoms with Crippen LogP contribution < -0.4 is 9.47 Å². The molecule has 168 valence electrons. The van der Waals surface area contributed by atoms with E-state index in [1.807, 2.05) is 6.92 Å². The molecule has 31 heavy (non-hydrogen) atoms. The van der Waals surface area contributed by atoms with E-state index < -0.39 is 29.4 Å². The zero-order chi connectivity index (χ0) is 22.6. The molecule has 0 radical (unpaired) electrons. The molecule has 0 amide bonds. The number of methoxy groups -OCH3 is 1. The van der Waals surface area contributed by atoms with Crippen molar-refractivity contribution in [2.75, 3.05) is 20.3 Å². The van der Waals surface area contributed by atoms with Gasteiger partial charge in [0, 0.05) is 11.1 Å². The average Bonchev–Trinajstić information content (AvgIpc) is 2.76. The van der Waals surface area contributed by atoms with E-state index in [1.165, 1.54) is 6.07 Å². The van der Waals surface area contributed by atoms with Gasteiger partial charge in [-0.25, -0.2) is 4.79 Å². The van der Waals surface area contributed by atoms with E-state index in [2.05, 4.69) is 4.74 Å². The number of aryl methyl sites for hydroxylation is 1. The van der Waals surface area contributed by atoms with Gasteiger partial charge in [0.2, 0.25) is 0 Å². The van der Waals surface area contributed by atoms with Gasteiger partial charge in [0.1, 0.15) is 11.5 Å². The summed E-state index contributed by atoms with van der Waals surface area (Å²) in [5, 5.41) is 10.6. The van der Waals surface area contributed by atoms with Crippen molar-refractivity contribution in [3.05, 3.63) is 47.0 Å². The summed E-state index contributed by atoms with van der Waals surface area (Å²) in [5.41, 5.74) is -0.418. The van der Waals surface area contributed by atoms with Gasteiger partial charge in [0.15, 0.2) is 6.10 Å². The number of unbranched alkanes of at least 4 members (excludes halogenated alkanes) is 1. The second kappa shape index (κ2) is 9.60. The highest BCUT2D eigenvalue weighted by molar-refractivity contribution is 5.85. The van der Waals surface area contributed by atoms with E-state index in [4.69, 9.17) is 9.47 Å². The van der Waals surface area contributed by atoms with E-state index in [1.54, 1.807) is 18.2 Å². The minimum atomic E-state index is -4.79. The van der Waals surface area contributed by atoms with Crippen LogP contribution in [0, 0.1) is 0 Å². The lowest BCUT2D eigenvalue weighted by Gasteiger charge is -2.24. The Balaban J connectivity index is 2.26. The fourth-order valence-electron chi connectivity index (χ4n) is 3.62. The molecule has 2 aromatic rings. The molecule has 8 heteroatoms. The molecule has 2 aromatic carbocycles. The number of ether oxygens (including phenoxy) is 3. The molecule has 0 aromatic heterocycles. The fourth-order valence-corrected chi connectivity index (χ4v) is 3.62. The van der Waals surface area contributed by atoms with Gasteiger partial charge in [0.25, 0.3) is 0 Å². The molecule has 0 aliphatic carbocycles. The molecule has 3 rings (SSSR count). The molecule has 1 atom stereocenters. The number of benzene rings is 2. The fraction of sp³-hybridized carbons (Fsp3) is 0.435. The van der Waals surface area contributed by atoms with Crippen LogP contribution >= 0.6 is 0 Å². The molecule has 0 bridgehead atoms. The monoisotopic (exact) mass is 438 g/mol. The second-order valence-electron chi connectivity index (χ2n) is 7.30. The minimum Gasteiger partial charge on any atom is -0.493 e. The molecule has 0 saturated heterocycles. The van der Waals surface area contributed by atoms with Crippen LogP contribution in [0.5, 0.6) is 11.5 Å². The molecular formula is C23H25F3O5. The van der Waals surface area contributed by atoms with Crippen LogP contribution in [-0.4, -0.2) is 31.4 Å². The van der Waals surface area contributed by atoms with Crippen LogP contribution in [0.25, 0.3) is 11.1 Å². The largest absolute Gasteiger partial charge is 0.493 e. The molecular weight excluding hydrogens is 413 g/mol. The van der Waals surface area contributed by atoms with E-state index in [-0.39, 0.29) is 17.9 Å². The second-order valence-corrected chi connectivity index (χ2v) is 7.30. The quantitative estimate of drug-likeness (QED) is 0.482. The summed E-state index contributed by atoms with van der Waals surface area (Å²) in [4.78, 5) is 12.1. The maximum atomic E-state index is 13.9. The van der Waals surface area contributed by atoms with Crippen LogP contribution in [0.15, 0.2) is 30.3 Å². The van der Waals surface area contributed by atoms with E-state index in [0.717, 1.165) is 31.6 Å². The summed E-state index contributed by atoms with van der Waals surface area (Å²) in [5.74, 6) is -0.347. The number of hydrogen-bond acceptors (Lipinski definition) is 5. The predicted molar refractivity (Wildman–Crippen MR) is 108 cm³/mol. The van der Waals surface area contributed by atoms with Gasteiger partial charge in [-0.3, -0.25) is 0 Å². The first-order chi connectivity index (χ1) is 14.8. The van der Waals surface area contributed by atoms with Crippen molar-refractivity contribution in [3.63, 3.8) is 0 Å². The summed E-state index contributed by atoms with van der Waals surface area (Å²) in [6.45, 7) is 2.83. The van der Waals surface area contributed by atoms with Crippen molar-refractivity contribution in [2.45, 2.75) is 44.9 Å².